The Hall–Kier alpha value is -1.22. The molecule has 0 amide bonds. The van der Waals surface area contributed by atoms with Crippen molar-refractivity contribution in [3.8, 4) is 11.4 Å². The number of hydrogen-bond acceptors (Lipinski definition) is 3. The SMILES string of the molecule is COP(OC)C(C)(C)c1ccc(-c2ccccn2)[n-]1. The summed E-state index contributed by atoms with van der Waals surface area (Å²) in [6.45, 7) is 4.16. The summed E-state index contributed by atoms with van der Waals surface area (Å²) in [5.74, 6) is 0. The highest BCUT2D eigenvalue weighted by Crippen LogP contribution is 2.55. The lowest BCUT2D eigenvalue weighted by Gasteiger charge is -2.34. The van der Waals surface area contributed by atoms with Gasteiger partial charge in [0.25, 0.3) is 0 Å². The molecule has 102 valence electrons. The third kappa shape index (κ3) is 2.86. The number of hydrogen-bond donors (Lipinski definition) is 0. The van der Waals surface area contributed by atoms with Crippen LogP contribution in [0, 0.1) is 0 Å². The molecule has 0 bridgehead atoms. The van der Waals surface area contributed by atoms with Crippen LogP contribution in [0.4, 0.5) is 0 Å². The Bertz CT molecular complexity index is 521. The van der Waals surface area contributed by atoms with Gasteiger partial charge >= 0.3 is 0 Å². The second kappa shape index (κ2) is 5.83. The highest BCUT2D eigenvalue weighted by atomic mass is 31.2. The van der Waals surface area contributed by atoms with Crippen LogP contribution in [0.1, 0.15) is 19.5 Å². The minimum atomic E-state index is -1.01. The van der Waals surface area contributed by atoms with Gasteiger partial charge in [0.05, 0.1) is 0 Å². The molecule has 2 aromatic rings. The maximum Gasteiger partial charge on any atom is 0.178 e. The van der Waals surface area contributed by atoms with Gasteiger partial charge in [-0.25, -0.2) is 0 Å². The van der Waals surface area contributed by atoms with Crippen molar-refractivity contribution < 1.29 is 9.05 Å². The fourth-order valence-corrected chi connectivity index (χ4v) is 3.36. The Morgan fingerprint density at radius 3 is 2.42 bits per heavy atom. The zero-order valence-electron chi connectivity index (χ0n) is 11.6. The number of rotatable bonds is 5. The lowest BCUT2D eigenvalue weighted by Crippen LogP contribution is -2.17. The maximum absolute atomic E-state index is 5.42. The van der Waals surface area contributed by atoms with E-state index in [4.69, 9.17) is 9.05 Å². The number of aromatic nitrogens is 2. The molecule has 5 heteroatoms. The van der Waals surface area contributed by atoms with Crippen molar-refractivity contribution >= 4 is 8.38 Å². The van der Waals surface area contributed by atoms with Crippen molar-refractivity contribution in [1.82, 2.24) is 9.97 Å². The van der Waals surface area contributed by atoms with Crippen molar-refractivity contribution in [3.63, 3.8) is 0 Å². The van der Waals surface area contributed by atoms with Crippen molar-refractivity contribution in [2.24, 2.45) is 0 Å². The van der Waals surface area contributed by atoms with E-state index in [1.165, 1.54) is 0 Å². The molecule has 0 aromatic carbocycles. The molecule has 0 N–H and O–H groups in total. The van der Waals surface area contributed by atoms with Crippen LogP contribution in [0.25, 0.3) is 11.4 Å². The second-order valence-corrected chi connectivity index (χ2v) is 6.97. The first-order chi connectivity index (χ1) is 9.09. The Labute approximate surface area is 115 Å². The molecule has 0 atom stereocenters. The van der Waals surface area contributed by atoms with Crippen molar-refractivity contribution in [1.29, 1.82) is 0 Å². The molecular formula is C14H18N2O2P-. The normalized spacial score (nSPS) is 12.1. The smallest absolute Gasteiger partial charge is 0.178 e. The monoisotopic (exact) mass is 277 g/mol. The second-order valence-electron chi connectivity index (χ2n) is 4.61. The summed E-state index contributed by atoms with van der Waals surface area (Å²) in [6.07, 6.45) is 1.77. The predicted molar refractivity (Wildman–Crippen MR) is 77.0 cm³/mol. The van der Waals surface area contributed by atoms with E-state index in [0.717, 1.165) is 17.1 Å². The van der Waals surface area contributed by atoms with E-state index in [1.807, 2.05) is 30.3 Å². The lowest BCUT2D eigenvalue weighted by atomic mass is 10.1. The molecule has 19 heavy (non-hydrogen) atoms. The van der Waals surface area contributed by atoms with E-state index in [9.17, 15) is 0 Å². The molecule has 0 aliphatic heterocycles. The van der Waals surface area contributed by atoms with Crippen LogP contribution in [0.3, 0.4) is 0 Å². The molecule has 0 aliphatic carbocycles. The van der Waals surface area contributed by atoms with Crippen LogP contribution < -0.4 is 4.98 Å². The molecule has 0 aliphatic rings. The maximum atomic E-state index is 5.42. The van der Waals surface area contributed by atoms with E-state index < -0.39 is 8.38 Å². The van der Waals surface area contributed by atoms with E-state index in [1.54, 1.807) is 20.4 Å². The highest BCUT2D eigenvalue weighted by Gasteiger charge is 2.30. The van der Waals surface area contributed by atoms with Crippen molar-refractivity contribution in [2.75, 3.05) is 14.2 Å². The fourth-order valence-electron chi connectivity index (χ4n) is 1.98. The molecule has 0 spiro atoms. The highest BCUT2D eigenvalue weighted by molar-refractivity contribution is 7.48. The van der Waals surface area contributed by atoms with E-state index in [2.05, 4.69) is 23.8 Å². The van der Waals surface area contributed by atoms with Crippen molar-refractivity contribution in [2.45, 2.75) is 19.0 Å². The first-order valence-corrected chi connectivity index (χ1v) is 7.21. The third-order valence-electron chi connectivity index (χ3n) is 2.98. The van der Waals surface area contributed by atoms with Crippen LogP contribution in [-0.4, -0.2) is 19.2 Å². The van der Waals surface area contributed by atoms with Gasteiger partial charge in [0.2, 0.25) is 0 Å². The molecule has 0 fully saturated rings. The van der Waals surface area contributed by atoms with E-state index >= 15 is 0 Å². The fraction of sp³-hybridized carbons (Fsp3) is 0.357. The Morgan fingerprint density at radius 1 is 1.11 bits per heavy atom. The third-order valence-corrected chi connectivity index (χ3v) is 4.79. The molecule has 4 nitrogen and oxygen atoms in total. The lowest BCUT2D eigenvalue weighted by molar-refractivity contribution is 0.316. The topological polar surface area (TPSA) is 45.5 Å². The van der Waals surface area contributed by atoms with Crippen molar-refractivity contribution in [3.05, 3.63) is 42.2 Å². The van der Waals surface area contributed by atoms with Gasteiger partial charge in [0, 0.05) is 31.3 Å². The molecule has 0 unspecified atom stereocenters. The zero-order valence-corrected chi connectivity index (χ0v) is 12.5. The van der Waals surface area contributed by atoms with Crippen LogP contribution >= 0.6 is 8.38 Å². The molecule has 0 saturated heterocycles. The minimum absolute atomic E-state index is 0.258. The Kier molecular flexibility index (Phi) is 4.35. The largest absolute Gasteiger partial charge is 0.659 e. The van der Waals surface area contributed by atoms with Gasteiger partial charge in [-0.3, -0.25) is 4.98 Å². The van der Waals surface area contributed by atoms with Gasteiger partial charge in [-0.05, 0) is 26.0 Å². The molecule has 2 aromatic heterocycles. The van der Waals surface area contributed by atoms with Gasteiger partial charge in [0.15, 0.2) is 8.38 Å². The summed E-state index contributed by atoms with van der Waals surface area (Å²) in [4.78, 5) is 8.97. The van der Waals surface area contributed by atoms with Crippen LogP contribution in [0.15, 0.2) is 36.5 Å². The summed E-state index contributed by atoms with van der Waals surface area (Å²) in [5.41, 5.74) is 2.72. The molecular weight excluding hydrogens is 259 g/mol. The van der Waals surface area contributed by atoms with Crippen LogP contribution in [-0.2, 0) is 14.2 Å². The standard InChI is InChI=1S/C14H18N2O2P/c1-14(2,19(17-3)18-4)13-9-8-12(16-13)11-7-5-6-10-15-11/h5-10H,1-4H3/q-1. The van der Waals surface area contributed by atoms with Gasteiger partial charge in [-0.2, -0.15) is 0 Å². The summed E-state index contributed by atoms with van der Waals surface area (Å²) >= 11 is 0. The van der Waals surface area contributed by atoms with Gasteiger partial charge < -0.3 is 14.0 Å². The molecule has 2 rings (SSSR count). The summed E-state index contributed by atoms with van der Waals surface area (Å²) in [5, 5.41) is -0.258. The quantitative estimate of drug-likeness (QED) is 0.784. The average molecular weight is 277 g/mol. The minimum Gasteiger partial charge on any atom is -0.659 e. The molecule has 2 heterocycles. The van der Waals surface area contributed by atoms with E-state index in [-0.39, 0.29) is 5.16 Å². The molecule has 0 saturated carbocycles. The first-order valence-electron chi connectivity index (χ1n) is 6.03. The van der Waals surface area contributed by atoms with Gasteiger partial charge in [-0.1, -0.05) is 18.2 Å². The summed E-state index contributed by atoms with van der Waals surface area (Å²) < 4.78 is 10.8. The Balaban J connectivity index is 2.31. The van der Waals surface area contributed by atoms with Crippen LogP contribution in [0.5, 0.6) is 0 Å². The van der Waals surface area contributed by atoms with Gasteiger partial charge in [-0.15, -0.1) is 11.4 Å². The van der Waals surface area contributed by atoms with E-state index in [0.29, 0.717) is 0 Å². The molecule has 0 radical (unpaired) electrons. The number of nitrogens with zero attached hydrogens (tertiary/aromatic N) is 2. The predicted octanol–water partition coefficient (Wildman–Crippen LogP) is 3.55. The zero-order chi connectivity index (χ0) is 13.9. The summed E-state index contributed by atoms with van der Waals surface area (Å²) in [6, 6.07) is 9.80. The number of pyridine rings is 1. The summed E-state index contributed by atoms with van der Waals surface area (Å²) in [7, 11) is 2.32. The first kappa shape index (κ1) is 14.2. The Morgan fingerprint density at radius 2 is 1.84 bits per heavy atom. The van der Waals surface area contributed by atoms with Crippen LogP contribution in [0.2, 0.25) is 0 Å². The van der Waals surface area contributed by atoms with Gasteiger partial charge in [0.1, 0.15) is 0 Å². The average Bonchev–Trinajstić information content (AvgIpc) is 2.91.